The number of nitrogens with zero attached hydrogens (tertiary/aromatic N) is 4. The van der Waals surface area contributed by atoms with E-state index in [1.165, 1.54) is 5.56 Å². The van der Waals surface area contributed by atoms with Crippen molar-refractivity contribution in [1.82, 2.24) is 19.9 Å². The van der Waals surface area contributed by atoms with Gasteiger partial charge in [0, 0.05) is 18.7 Å². The predicted octanol–water partition coefficient (Wildman–Crippen LogP) is 3.51. The second-order valence-corrected chi connectivity index (χ2v) is 7.10. The van der Waals surface area contributed by atoms with Crippen molar-refractivity contribution in [2.75, 3.05) is 13.1 Å². The van der Waals surface area contributed by atoms with Crippen molar-refractivity contribution in [3.8, 4) is 5.75 Å². The number of rotatable bonds is 7. The van der Waals surface area contributed by atoms with Crippen molar-refractivity contribution >= 4 is 5.91 Å². The molecule has 28 heavy (non-hydrogen) atoms. The monoisotopic (exact) mass is 376 g/mol. The molecule has 6 nitrogen and oxygen atoms in total. The van der Waals surface area contributed by atoms with E-state index in [1.54, 1.807) is 0 Å². The molecule has 0 saturated carbocycles. The number of carbonyl (C=O) groups is 1. The first-order valence-electron chi connectivity index (χ1n) is 9.69. The smallest absolute Gasteiger partial charge is 0.253 e. The summed E-state index contributed by atoms with van der Waals surface area (Å²) in [6, 6.07) is 17.8. The van der Waals surface area contributed by atoms with E-state index < -0.39 is 0 Å². The lowest BCUT2D eigenvalue weighted by Gasteiger charge is -2.38. The quantitative estimate of drug-likeness (QED) is 0.633. The Kier molecular flexibility index (Phi) is 5.37. The molecule has 1 aliphatic rings. The summed E-state index contributed by atoms with van der Waals surface area (Å²) in [5.41, 5.74) is 2.79. The number of amides is 1. The number of likely N-dealkylation sites (tertiary alicyclic amines) is 1. The first kappa shape index (κ1) is 18.2. The zero-order valence-electron chi connectivity index (χ0n) is 16.0. The summed E-state index contributed by atoms with van der Waals surface area (Å²) in [6.07, 6.45) is 4.05. The lowest BCUT2D eigenvalue weighted by atomic mass is 10.0. The molecule has 0 radical (unpaired) electrons. The number of aromatic nitrogens is 3. The van der Waals surface area contributed by atoms with E-state index in [0.717, 1.165) is 29.8 Å². The molecule has 0 spiro atoms. The van der Waals surface area contributed by atoms with Crippen LogP contribution in [0.3, 0.4) is 0 Å². The summed E-state index contributed by atoms with van der Waals surface area (Å²) in [7, 11) is 0. The van der Waals surface area contributed by atoms with E-state index in [0.29, 0.717) is 19.7 Å². The highest BCUT2D eigenvalue weighted by Crippen LogP contribution is 2.23. The average molecular weight is 376 g/mol. The van der Waals surface area contributed by atoms with E-state index in [9.17, 15) is 4.79 Å². The number of hydrogen-bond donors (Lipinski definition) is 0. The SMILES string of the molecule is CCCc1ccc(C(=O)N2CC(n3cc(COc4ccccc4)nn3)C2)cc1. The first-order chi connectivity index (χ1) is 13.7. The van der Waals surface area contributed by atoms with E-state index >= 15 is 0 Å². The molecule has 2 heterocycles. The molecule has 4 rings (SSSR count). The molecule has 144 valence electrons. The van der Waals surface area contributed by atoms with Crippen molar-refractivity contribution in [3.05, 3.63) is 77.6 Å². The first-order valence-corrected chi connectivity index (χ1v) is 9.69. The van der Waals surface area contributed by atoms with E-state index in [4.69, 9.17) is 4.74 Å². The Balaban J connectivity index is 1.29. The van der Waals surface area contributed by atoms with Gasteiger partial charge in [-0.25, -0.2) is 4.68 Å². The molecule has 1 aliphatic heterocycles. The van der Waals surface area contributed by atoms with Crippen molar-refractivity contribution in [2.45, 2.75) is 32.4 Å². The Bertz CT molecular complexity index is 915. The van der Waals surface area contributed by atoms with Gasteiger partial charge in [-0.15, -0.1) is 5.10 Å². The standard InChI is InChI=1S/C22H24N4O2/c1-2-6-17-9-11-18(12-10-17)22(27)25-14-20(15-25)26-13-19(23-24-26)16-28-21-7-4-3-5-8-21/h3-5,7-13,20H,2,6,14-16H2,1H3. The molecule has 6 heteroatoms. The third-order valence-electron chi connectivity index (χ3n) is 4.95. The zero-order valence-corrected chi connectivity index (χ0v) is 16.0. The Hall–Kier alpha value is -3.15. The zero-order chi connectivity index (χ0) is 19.3. The average Bonchev–Trinajstić information content (AvgIpc) is 3.15. The summed E-state index contributed by atoms with van der Waals surface area (Å²) >= 11 is 0. The number of aryl methyl sites for hydroxylation is 1. The molecule has 1 fully saturated rings. The lowest BCUT2D eigenvalue weighted by molar-refractivity contribution is 0.0498. The molecule has 0 bridgehead atoms. The molecule has 0 atom stereocenters. The number of benzene rings is 2. The van der Waals surface area contributed by atoms with Crippen LogP contribution >= 0.6 is 0 Å². The van der Waals surface area contributed by atoms with Crippen molar-refractivity contribution in [1.29, 1.82) is 0 Å². The second-order valence-electron chi connectivity index (χ2n) is 7.10. The molecule has 0 aliphatic carbocycles. The van der Waals surface area contributed by atoms with Crippen LogP contribution in [0.25, 0.3) is 0 Å². The van der Waals surface area contributed by atoms with E-state index in [-0.39, 0.29) is 11.9 Å². The molecule has 0 unspecified atom stereocenters. The molecular weight excluding hydrogens is 352 g/mol. The van der Waals surface area contributed by atoms with Gasteiger partial charge in [-0.1, -0.05) is 48.9 Å². The van der Waals surface area contributed by atoms with Crippen LogP contribution in [-0.2, 0) is 13.0 Å². The third-order valence-corrected chi connectivity index (χ3v) is 4.95. The van der Waals surface area contributed by atoms with Crippen LogP contribution in [0.15, 0.2) is 60.8 Å². The minimum Gasteiger partial charge on any atom is -0.487 e. The predicted molar refractivity (Wildman–Crippen MR) is 106 cm³/mol. The maximum Gasteiger partial charge on any atom is 0.253 e. The second kappa shape index (κ2) is 8.25. The highest BCUT2D eigenvalue weighted by molar-refractivity contribution is 5.94. The fourth-order valence-corrected chi connectivity index (χ4v) is 3.31. The van der Waals surface area contributed by atoms with Crippen LogP contribution < -0.4 is 4.74 Å². The molecule has 2 aromatic carbocycles. The van der Waals surface area contributed by atoms with Crippen LogP contribution in [0.4, 0.5) is 0 Å². The minimum absolute atomic E-state index is 0.0760. The Labute approximate surface area is 164 Å². The normalized spacial score (nSPS) is 14.0. The van der Waals surface area contributed by atoms with Crippen molar-refractivity contribution < 1.29 is 9.53 Å². The van der Waals surface area contributed by atoms with Gasteiger partial charge < -0.3 is 9.64 Å². The third kappa shape index (κ3) is 4.06. The van der Waals surface area contributed by atoms with Crippen LogP contribution in [0.2, 0.25) is 0 Å². The van der Waals surface area contributed by atoms with Gasteiger partial charge in [0.2, 0.25) is 0 Å². The van der Waals surface area contributed by atoms with Gasteiger partial charge in [-0.05, 0) is 36.2 Å². The van der Waals surface area contributed by atoms with Crippen LogP contribution in [0, 0.1) is 0 Å². The Morgan fingerprint density at radius 1 is 1.11 bits per heavy atom. The minimum atomic E-state index is 0.0760. The Morgan fingerprint density at radius 2 is 1.86 bits per heavy atom. The fourth-order valence-electron chi connectivity index (χ4n) is 3.31. The van der Waals surface area contributed by atoms with E-state index in [2.05, 4.69) is 17.2 Å². The van der Waals surface area contributed by atoms with Gasteiger partial charge in [-0.3, -0.25) is 4.79 Å². The highest BCUT2D eigenvalue weighted by Gasteiger charge is 2.33. The topological polar surface area (TPSA) is 60.2 Å². The summed E-state index contributed by atoms with van der Waals surface area (Å²) in [5, 5.41) is 8.37. The summed E-state index contributed by atoms with van der Waals surface area (Å²) in [6.45, 7) is 3.84. The fraction of sp³-hybridized carbons (Fsp3) is 0.318. The number of para-hydroxylation sites is 1. The van der Waals surface area contributed by atoms with Gasteiger partial charge in [-0.2, -0.15) is 0 Å². The van der Waals surface area contributed by atoms with Crippen LogP contribution in [0.1, 0.15) is 41.0 Å². The van der Waals surface area contributed by atoms with Gasteiger partial charge in [0.05, 0.1) is 12.2 Å². The molecule has 3 aromatic rings. The molecule has 1 saturated heterocycles. The summed E-state index contributed by atoms with van der Waals surface area (Å²) in [4.78, 5) is 14.4. The summed E-state index contributed by atoms with van der Waals surface area (Å²) in [5.74, 6) is 0.884. The molecule has 0 N–H and O–H groups in total. The molecule has 1 aromatic heterocycles. The lowest BCUT2D eigenvalue weighted by Crippen LogP contribution is -2.50. The van der Waals surface area contributed by atoms with Crippen molar-refractivity contribution in [2.24, 2.45) is 0 Å². The van der Waals surface area contributed by atoms with Gasteiger partial charge >= 0.3 is 0 Å². The van der Waals surface area contributed by atoms with Gasteiger partial charge in [0.25, 0.3) is 5.91 Å². The van der Waals surface area contributed by atoms with Gasteiger partial charge in [0.15, 0.2) is 0 Å². The maximum absolute atomic E-state index is 12.6. The molecular formula is C22H24N4O2. The largest absolute Gasteiger partial charge is 0.487 e. The number of hydrogen-bond acceptors (Lipinski definition) is 4. The van der Waals surface area contributed by atoms with Crippen molar-refractivity contribution in [3.63, 3.8) is 0 Å². The number of carbonyl (C=O) groups excluding carboxylic acids is 1. The van der Waals surface area contributed by atoms with Crippen LogP contribution in [0.5, 0.6) is 5.75 Å². The highest BCUT2D eigenvalue weighted by atomic mass is 16.5. The maximum atomic E-state index is 12.6. The van der Waals surface area contributed by atoms with Crippen LogP contribution in [-0.4, -0.2) is 38.9 Å². The Morgan fingerprint density at radius 3 is 2.57 bits per heavy atom. The van der Waals surface area contributed by atoms with E-state index in [1.807, 2.05) is 70.4 Å². The van der Waals surface area contributed by atoms with Gasteiger partial charge in [0.1, 0.15) is 18.1 Å². The number of ether oxygens (including phenoxy) is 1. The molecule has 1 amide bonds. The summed E-state index contributed by atoms with van der Waals surface area (Å²) < 4.78 is 7.53.